The van der Waals surface area contributed by atoms with Crippen LogP contribution in [0.15, 0.2) is 18.2 Å². The molecular weight excluding hydrogens is 316 g/mol. The van der Waals surface area contributed by atoms with E-state index in [4.69, 9.17) is 0 Å². The minimum atomic E-state index is -3.14. The lowest BCUT2D eigenvalue weighted by molar-refractivity contribution is -0.131. The molecule has 1 N–H and O–H groups in total. The van der Waals surface area contributed by atoms with Gasteiger partial charge in [-0.05, 0) is 30.5 Å². The van der Waals surface area contributed by atoms with Gasteiger partial charge in [0.05, 0.1) is 17.6 Å². The molecule has 1 aliphatic rings. The number of anilines is 1. The maximum absolute atomic E-state index is 12.3. The smallest absolute Gasteiger partial charge is 0.228 e. The molecule has 1 saturated carbocycles. The average molecular weight is 338 g/mol. The van der Waals surface area contributed by atoms with Crippen LogP contribution < -0.4 is 5.32 Å². The number of nitrogens with zero attached hydrogens (tertiary/aromatic N) is 1. The molecule has 126 valence electrons. The van der Waals surface area contributed by atoms with E-state index in [1.54, 1.807) is 39.2 Å². The van der Waals surface area contributed by atoms with Gasteiger partial charge in [0.25, 0.3) is 0 Å². The average Bonchev–Trinajstić information content (AvgIpc) is 3.21. The Bertz CT molecular complexity index is 740. The maximum atomic E-state index is 12.3. The van der Waals surface area contributed by atoms with Gasteiger partial charge in [-0.3, -0.25) is 9.59 Å². The van der Waals surface area contributed by atoms with E-state index < -0.39 is 9.84 Å². The molecule has 0 aromatic heterocycles. The molecular formula is C16H22N2O4S. The second-order valence-corrected chi connectivity index (χ2v) is 8.47. The zero-order valence-electron chi connectivity index (χ0n) is 13.8. The van der Waals surface area contributed by atoms with Gasteiger partial charge in [-0.1, -0.05) is 12.1 Å². The molecule has 2 rings (SSSR count). The summed E-state index contributed by atoms with van der Waals surface area (Å²) in [5, 5.41) is 2.82. The Morgan fingerprint density at radius 3 is 2.48 bits per heavy atom. The van der Waals surface area contributed by atoms with Gasteiger partial charge in [-0.2, -0.15) is 0 Å². The number of rotatable bonds is 5. The molecule has 1 aliphatic carbocycles. The molecule has 1 aromatic rings. The molecule has 7 heteroatoms. The fourth-order valence-corrected chi connectivity index (χ4v) is 3.45. The van der Waals surface area contributed by atoms with E-state index in [9.17, 15) is 18.0 Å². The van der Waals surface area contributed by atoms with E-state index in [1.165, 1.54) is 11.2 Å². The van der Waals surface area contributed by atoms with Crippen molar-refractivity contribution < 1.29 is 18.0 Å². The predicted molar refractivity (Wildman–Crippen MR) is 88.6 cm³/mol. The predicted octanol–water partition coefficient (Wildman–Crippen LogP) is 1.20. The van der Waals surface area contributed by atoms with Gasteiger partial charge >= 0.3 is 0 Å². The highest BCUT2D eigenvalue weighted by molar-refractivity contribution is 7.89. The quantitative estimate of drug-likeness (QED) is 0.874. The minimum absolute atomic E-state index is 0.0345. The van der Waals surface area contributed by atoms with Crippen LogP contribution in [-0.4, -0.2) is 45.5 Å². The van der Waals surface area contributed by atoms with E-state index >= 15 is 0 Å². The van der Waals surface area contributed by atoms with Crippen molar-refractivity contribution in [3.63, 3.8) is 0 Å². The largest absolute Gasteiger partial charge is 0.349 e. The minimum Gasteiger partial charge on any atom is -0.349 e. The number of carbonyl (C=O) groups is 2. The zero-order chi connectivity index (χ0) is 17.4. The van der Waals surface area contributed by atoms with Crippen molar-refractivity contribution in [2.24, 2.45) is 11.8 Å². The molecule has 2 atom stereocenters. The molecule has 0 aliphatic heterocycles. The number of nitrogens with one attached hydrogen (secondary N) is 1. The Balaban J connectivity index is 2.08. The summed E-state index contributed by atoms with van der Waals surface area (Å²) in [6.45, 7) is 1.78. The molecule has 0 saturated heterocycles. The molecule has 0 bridgehead atoms. The lowest BCUT2D eigenvalue weighted by atomic mass is 10.1. The fraction of sp³-hybridized carbons (Fsp3) is 0.500. The van der Waals surface area contributed by atoms with Gasteiger partial charge in [0, 0.05) is 26.0 Å². The first-order valence-corrected chi connectivity index (χ1v) is 9.44. The van der Waals surface area contributed by atoms with Gasteiger partial charge in [-0.15, -0.1) is 0 Å². The molecule has 0 unspecified atom stereocenters. The monoisotopic (exact) mass is 338 g/mol. The van der Waals surface area contributed by atoms with E-state index in [2.05, 4.69) is 5.32 Å². The second kappa shape index (κ2) is 6.31. The molecule has 1 fully saturated rings. The zero-order valence-corrected chi connectivity index (χ0v) is 14.6. The van der Waals surface area contributed by atoms with Gasteiger partial charge in [0.1, 0.15) is 0 Å². The van der Waals surface area contributed by atoms with Crippen molar-refractivity contribution in [3.8, 4) is 0 Å². The summed E-state index contributed by atoms with van der Waals surface area (Å²) in [6.07, 6.45) is 1.74. The first-order valence-electron chi connectivity index (χ1n) is 7.38. The number of carbonyl (C=O) groups excluding carboxylic acids is 2. The first kappa shape index (κ1) is 17.5. The standard InChI is InChI=1S/C16H22N2O4S/c1-10-11(9-23(4,21)22)6-5-7-14(10)17-15(19)12-8-13(12)16(20)18(2)3/h5-7,12-13H,8-9H2,1-4H3,(H,17,19)/t12-,13+/m0/s1. The maximum Gasteiger partial charge on any atom is 0.228 e. The van der Waals surface area contributed by atoms with Crippen LogP contribution in [0.2, 0.25) is 0 Å². The van der Waals surface area contributed by atoms with Crippen LogP contribution in [-0.2, 0) is 25.2 Å². The Morgan fingerprint density at radius 2 is 1.91 bits per heavy atom. The number of sulfone groups is 1. The number of hydrogen-bond donors (Lipinski definition) is 1. The van der Waals surface area contributed by atoms with Gasteiger partial charge in [0.15, 0.2) is 9.84 Å². The Morgan fingerprint density at radius 1 is 1.26 bits per heavy atom. The van der Waals surface area contributed by atoms with Gasteiger partial charge in [-0.25, -0.2) is 8.42 Å². The number of benzene rings is 1. The Labute approximate surface area is 136 Å². The molecule has 0 spiro atoms. The van der Waals surface area contributed by atoms with Crippen molar-refractivity contribution in [2.45, 2.75) is 19.1 Å². The van der Waals surface area contributed by atoms with E-state index in [-0.39, 0.29) is 29.4 Å². The highest BCUT2D eigenvalue weighted by Crippen LogP contribution is 2.40. The van der Waals surface area contributed by atoms with Crippen LogP contribution in [0.4, 0.5) is 5.69 Å². The molecule has 0 radical (unpaired) electrons. The van der Waals surface area contributed by atoms with Crippen LogP contribution >= 0.6 is 0 Å². The molecule has 6 nitrogen and oxygen atoms in total. The van der Waals surface area contributed by atoms with Gasteiger partial charge in [0.2, 0.25) is 11.8 Å². The highest BCUT2D eigenvalue weighted by atomic mass is 32.2. The molecule has 2 amide bonds. The lowest BCUT2D eigenvalue weighted by Gasteiger charge is -2.13. The third-order valence-electron chi connectivity index (χ3n) is 4.01. The van der Waals surface area contributed by atoms with Gasteiger partial charge < -0.3 is 10.2 Å². The van der Waals surface area contributed by atoms with Crippen LogP contribution in [0.1, 0.15) is 17.5 Å². The van der Waals surface area contributed by atoms with E-state index in [1.807, 2.05) is 0 Å². The Hall–Kier alpha value is -1.89. The van der Waals surface area contributed by atoms with E-state index in [0.29, 0.717) is 17.7 Å². The highest BCUT2D eigenvalue weighted by Gasteiger charge is 2.48. The van der Waals surface area contributed by atoms with Crippen molar-refractivity contribution in [1.82, 2.24) is 4.90 Å². The van der Waals surface area contributed by atoms with Crippen molar-refractivity contribution >= 4 is 27.3 Å². The third-order valence-corrected chi connectivity index (χ3v) is 4.84. The van der Waals surface area contributed by atoms with Crippen LogP contribution in [0.25, 0.3) is 0 Å². The van der Waals surface area contributed by atoms with Crippen molar-refractivity contribution in [1.29, 1.82) is 0 Å². The summed E-state index contributed by atoms with van der Waals surface area (Å²) in [4.78, 5) is 25.6. The summed E-state index contributed by atoms with van der Waals surface area (Å²) in [5.74, 6) is -0.835. The SMILES string of the molecule is Cc1c(CS(C)(=O)=O)cccc1NC(=O)[C@H]1C[C@H]1C(=O)N(C)C. The molecule has 1 aromatic carbocycles. The van der Waals surface area contributed by atoms with Crippen molar-refractivity contribution in [3.05, 3.63) is 29.3 Å². The summed E-state index contributed by atoms with van der Waals surface area (Å²) in [5.41, 5.74) is 2.00. The third kappa shape index (κ3) is 4.31. The second-order valence-electron chi connectivity index (χ2n) is 6.33. The van der Waals surface area contributed by atoms with Crippen molar-refractivity contribution in [2.75, 3.05) is 25.7 Å². The number of amides is 2. The van der Waals surface area contributed by atoms with Crippen LogP contribution in [0.5, 0.6) is 0 Å². The van der Waals surface area contributed by atoms with E-state index in [0.717, 1.165) is 5.56 Å². The summed E-state index contributed by atoms with van der Waals surface area (Å²) in [6, 6.07) is 5.20. The summed E-state index contributed by atoms with van der Waals surface area (Å²) in [7, 11) is 0.209. The summed E-state index contributed by atoms with van der Waals surface area (Å²) < 4.78 is 22.9. The number of hydrogen-bond acceptors (Lipinski definition) is 4. The Kier molecular flexibility index (Phi) is 4.79. The van der Waals surface area contributed by atoms with Crippen LogP contribution in [0.3, 0.4) is 0 Å². The van der Waals surface area contributed by atoms with Crippen LogP contribution in [0, 0.1) is 18.8 Å². The molecule has 0 heterocycles. The first-order chi connectivity index (χ1) is 10.6. The molecule has 23 heavy (non-hydrogen) atoms. The summed E-state index contributed by atoms with van der Waals surface area (Å²) >= 11 is 0. The lowest BCUT2D eigenvalue weighted by Crippen LogP contribution is -2.26. The topological polar surface area (TPSA) is 83.5 Å². The fourth-order valence-electron chi connectivity index (χ4n) is 2.57. The normalized spacial score (nSPS) is 20.0.